The van der Waals surface area contributed by atoms with E-state index in [0.717, 1.165) is 54.7 Å². The van der Waals surface area contributed by atoms with Gasteiger partial charge in [-0.2, -0.15) is 0 Å². The van der Waals surface area contributed by atoms with E-state index in [4.69, 9.17) is 4.74 Å². The van der Waals surface area contributed by atoms with Crippen molar-refractivity contribution in [3.63, 3.8) is 0 Å². The number of ether oxygens (including phenoxy) is 1. The zero-order valence-electron chi connectivity index (χ0n) is 11.8. The molecule has 0 aliphatic carbocycles. The Morgan fingerprint density at radius 1 is 1.30 bits per heavy atom. The molecule has 0 bridgehead atoms. The van der Waals surface area contributed by atoms with Crippen LogP contribution in [0.2, 0.25) is 0 Å². The van der Waals surface area contributed by atoms with Crippen LogP contribution >= 0.6 is 15.9 Å². The van der Waals surface area contributed by atoms with Crippen LogP contribution in [0.15, 0.2) is 22.7 Å². The maximum atomic E-state index is 12.6. The van der Waals surface area contributed by atoms with E-state index in [1.54, 1.807) is 0 Å². The van der Waals surface area contributed by atoms with E-state index in [1.165, 1.54) is 0 Å². The SMILES string of the molecule is Cc1cc(Br)cc(C(=O)N2CCC(C3CCOC3)C2)c1. The van der Waals surface area contributed by atoms with Gasteiger partial charge in [0.05, 0.1) is 0 Å². The van der Waals surface area contributed by atoms with Gasteiger partial charge in [-0.1, -0.05) is 15.9 Å². The first kappa shape index (κ1) is 14.1. The number of likely N-dealkylation sites (tertiary alicyclic amines) is 1. The van der Waals surface area contributed by atoms with E-state index in [9.17, 15) is 4.79 Å². The Labute approximate surface area is 128 Å². The summed E-state index contributed by atoms with van der Waals surface area (Å²) in [5.41, 5.74) is 1.91. The molecule has 0 N–H and O–H groups in total. The molecule has 3 nitrogen and oxygen atoms in total. The van der Waals surface area contributed by atoms with Gasteiger partial charge in [-0.25, -0.2) is 0 Å². The molecule has 1 aromatic rings. The Balaban J connectivity index is 1.68. The van der Waals surface area contributed by atoms with Gasteiger partial charge in [0, 0.05) is 36.3 Å². The van der Waals surface area contributed by atoms with E-state index in [-0.39, 0.29) is 5.91 Å². The topological polar surface area (TPSA) is 29.5 Å². The molecular formula is C16H20BrNO2. The van der Waals surface area contributed by atoms with Crippen molar-refractivity contribution >= 4 is 21.8 Å². The zero-order chi connectivity index (χ0) is 14.1. The van der Waals surface area contributed by atoms with Gasteiger partial charge in [0.15, 0.2) is 0 Å². The van der Waals surface area contributed by atoms with Crippen molar-refractivity contribution in [3.8, 4) is 0 Å². The molecule has 2 atom stereocenters. The van der Waals surface area contributed by atoms with Crippen molar-refractivity contribution in [3.05, 3.63) is 33.8 Å². The molecule has 20 heavy (non-hydrogen) atoms. The first-order valence-electron chi connectivity index (χ1n) is 7.27. The molecule has 4 heteroatoms. The van der Waals surface area contributed by atoms with Crippen molar-refractivity contribution in [2.75, 3.05) is 26.3 Å². The average molecular weight is 338 g/mol. The molecule has 2 heterocycles. The Morgan fingerprint density at radius 3 is 2.85 bits per heavy atom. The highest BCUT2D eigenvalue weighted by Crippen LogP contribution is 2.31. The van der Waals surface area contributed by atoms with E-state index < -0.39 is 0 Å². The predicted octanol–water partition coefficient (Wildman–Crippen LogP) is 3.26. The van der Waals surface area contributed by atoms with Crippen molar-refractivity contribution in [1.82, 2.24) is 4.90 Å². The third-order valence-corrected chi connectivity index (χ3v) is 4.89. The monoisotopic (exact) mass is 337 g/mol. The molecule has 2 aliphatic heterocycles. The van der Waals surface area contributed by atoms with E-state index in [1.807, 2.05) is 30.0 Å². The lowest BCUT2D eigenvalue weighted by molar-refractivity contribution is 0.0780. The Hall–Kier alpha value is -0.870. The number of rotatable bonds is 2. The minimum atomic E-state index is 0.163. The van der Waals surface area contributed by atoms with E-state index in [2.05, 4.69) is 15.9 Å². The van der Waals surface area contributed by atoms with Gasteiger partial charge in [-0.15, -0.1) is 0 Å². The summed E-state index contributed by atoms with van der Waals surface area (Å²) in [7, 11) is 0. The van der Waals surface area contributed by atoms with Crippen LogP contribution in [0.5, 0.6) is 0 Å². The second kappa shape index (κ2) is 5.86. The summed E-state index contributed by atoms with van der Waals surface area (Å²) in [6.45, 7) is 5.55. The molecular weight excluding hydrogens is 318 g/mol. The van der Waals surface area contributed by atoms with Crippen LogP contribution < -0.4 is 0 Å². The van der Waals surface area contributed by atoms with Gasteiger partial charge in [-0.3, -0.25) is 4.79 Å². The van der Waals surface area contributed by atoms with Gasteiger partial charge in [0.2, 0.25) is 0 Å². The number of carbonyl (C=O) groups is 1. The first-order chi connectivity index (χ1) is 9.63. The number of amides is 1. The number of aryl methyl sites for hydroxylation is 1. The minimum absolute atomic E-state index is 0.163. The highest BCUT2D eigenvalue weighted by molar-refractivity contribution is 9.10. The number of hydrogen-bond donors (Lipinski definition) is 0. The molecule has 0 radical (unpaired) electrons. The van der Waals surface area contributed by atoms with Crippen LogP contribution in [-0.2, 0) is 4.74 Å². The third kappa shape index (κ3) is 2.91. The van der Waals surface area contributed by atoms with Crippen LogP contribution in [0.3, 0.4) is 0 Å². The molecule has 108 valence electrons. The normalized spacial score (nSPS) is 26.2. The molecule has 1 amide bonds. The second-order valence-electron chi connectivity index (χ2n) is 5.94. The van der Waals surface area contributed by atoms with E-state index in [0.29, 0.717) is 11.8 Å². The van der Waals surface area contributed by atoms with E-state index >= 15 is 0 Å². The van der Waals surface area contributed by atoms with Crippen LogP contribution in [0.25, 0.3) is 0 Å². The highest BCUT2D eigenvalue weighted by atomic mass is 79.9. The molecule has 2 fully saturated rings. The molecule has 2 unspecified atom stereocenters. The molecule has 2 saturated heterocycles. The lowest BCUT2D eigenvalue weighted by Gasteiger charge is -2.19. The second-order valence-corrected chi connectivity index (χ2v) is 6.86. The molecule has 1 aromatic carbocycles. The maximum Gasteiger partial charge on any atom is 0.253 e. The number of nitrogens with zero attached hydrogens (tertiary/aromatic N) is 1. The fourth-order valence-corrected chi connectivity index (χ4v) is 3.93. The number of hydrogen-bond acceptors (Lipinski definition) is 2. The van der Waals surface area contributed by atoms with Gasteiger partial charge < -0.3 is 9.64 Å². The fourth-order valence-electron chi connectivity index (χ4n) is 3.32. The molecule has 0 aromatic heterocycles. The van der Waals surface area contributed by atoms with Crippen LogP contribution in [-0.4, -0.2) is 37.1 Å². The summed E-state index contributed by atoms with van der Waals surface area (Å²) in [6, 6.07) is 5.92. The Bertz CT molecular complexity index is 491. The smallest absolute Gasteiger partial charge is 0.253 e. The standard InChI is InChI=1S/C16H20BrNO2/c1-11-6-14(8-15(17)7-11)16(19)18-4-2-12(9-18)13-3-5-20-10-13/h6-8,12-13H,2-5,9-10H2,1H3. The fraction of sp³-hybridized carbons (Fsp3) is 0.562. The molecule has 3 rings (SSSR count). The summed E-state index contributed by atoms with van der Waals surface area (Å²) >= 11 is 3.47. The molecule has 2 aliphatic rings. The van der Waals surface area contributed by atoms with Crippen LogP contribution in [0.4, 0.5) is 0 Å². The molecule has 0 spiro atoms. The minimum Gasteiger partial charge on any atom is -0.381 e. The van der Waals surface area contributed by atoms with Crippen molar-refractivity contribution in [2.45, 2.75) is 19.8 Å². The summed E-state index contributed by atoms with van der Waals surface area (Å²) in [6.07, 6.45) is 2.27. The van der Waals surface area contributed by atoms with Crippen molar-refractivity contribution in [1.29, 1.82) is 0 Å². The Morgan fingerprint density at radius 2 is 2.15 bits per heavy atom. The highest BCUT2D eigenvalue weighted by Gasteiger charge is 2.34. The number of benzene rings is 1. The molecule has 0 saturated carbocycles. The summed E-state index contributed by atoms with van der Waals surface area (Å²) in [5, 5.41) is 0. The average Bonchev–Trinajstić information content (AvgIpc) is 3.07. The van der Waals surface area contributed by atoms with Crippen LogP contribution in [0.1, 0.15) is 28.8 Å². The summed E-state index contributed by atoms with van der Waals surface area (Å²) in [4.78, 5) is 14.6. The Kier molecular flexibility index (Phi) is 4.13. The van der Waals surface area contributed by atoms with Crippen molar-refractivity contribution < 1.29 is 9.53 Å². The number of halogens is 1. The van der Waals surface area contributed by atoms with Gasteiger partial charge in [0.25, 0.3) is 5.91 Å². The lowest BCUT2D eigenvalue weighted by Crippen LogP contribution is -2.30. The number of carbonyl (C=O) groups excluding carboxylic acids is 1. The zero-order valence-corrected chi connectivity index (χ0v) is 13.4. The summed E-state index contributed by atoms with van der Waals surface area (Å²) in [5.74, 6) is 1.43. The van der Waals surface area contributed by atoms with Crippen LogP contribution in [0, 0.1) is 18.8 Å². The van der Waals surface area contributed by atoms with Gasteiger partial charge in [-0.05, 0) is 55.4 Å². The van der Waals surface area contributed by atoms with Crippen molar-refractivity contribution in [2.24, 2.45) is 11.8 Å². The third-order valence-electron chi connectivity index (χ3n) is 4.43. The first-order valence-corrected chi connectivity index (χ1v) is 8.07. The largest absolute Gasteiger partial charge is 0.381 e. The van der Waals surface area contributed by atoms with Gasteiger partial charge in [0.1, 0.15) is 0 Å². The predicted molar refractivity (Wildman–Crippen MR) is 81.8 cm³/mol. The summed E-state index contributed by atoms with van der Waals surface area (Å²) < 4.78 is 6.44. The maximum absolute atomic E-state index is 12.6. The van der Waals surface area contributed by atoms with Gasteiger partial charge >= 0.3 is 0 Å². The lowest BCUT2D eigenvalue weighted by atomic mass is 9.91. The quantitative estimate of drug-likeness (QED) is 0.828.